The van der Waals surface area contributed by atoms with Crippen molar-refractivity contribution < 1.29 is 18.3 Å². The van der Waals surface area contributed by atoms with Gasteiger partial charge in [-0.1, -0.05) is 13.8 Å². The second kappa shape index (κ2) is 6.07. The van der Waals surface area contributed by atoms with Crippen molar-refractivity contribution in [1.82, 2.24) is 4.31 Å². The third kappa shape index (κ3) is 6.46. The summed E-state index contributed by atoms with van der Waals surface area (Å²) in [6, 6.07) is 0. The van der Waals surface area contributed by atoms with Gasteiger partial charge in [-0.15, -0.1) is 0 Å². The van der Waals surface area contributed by atoms with E-state index in [2.05, 4.69) is 0 Å². The number of aliphatic carboxylic acids is 1. The van der Waals surface area contributed by atoms with Gasteiger partial charge in [0.2, 0.25) is 10.0 Å². The van der Waals surface area contributed by atoms with E-state index in [1.807, 2.05) is 13.8 Å². The van der Waals surface area contributed by atoms with Gasteiger partial charge in [0.25, 0.3) is 0 Å². The molecule has 0 unspecified atom stereocenters. The molecule has 0 aliphatic rings. The molecule has 0 aliphatic heterocycles. The van der Waals surface area contributed by atoms with Crippen LogP contribution in [0.4, 0.5) is 0 Å². The molecule has 0 bridgehead atoms. The molecule has 0 aromatic rings. The number of nitrogens with zero attached hydrogens (tertiary/aromatic N) is 1. The molecule has 0 amide bonds. The predicted octanol–water partition coefficient (Wildman–Crippen LogP) is 0.769. The van der Waals surface area contributed by atoms with Gasteiger partial charge in [-0.05, 0) is 12.3 Å². The Kier molecular flexibility index (Phi) is 5.82. The van der Waals surface area contributed by atoms with Gasteiger partial charge < -0.3 is 5.11 Å². The lowest BCUT2D eigenvalue weighted by Gasteiger charge is -2.17. The van der Waals surface area contributed by atoms with Gasteiger partial charge in [0.05, 0.1) is 5.75 Å². The molecule has 0 rings (SSSR count). The molecule has 5 nitrogen and oxygen atoms in total. The van der Waals surface area contributed by atoms with Crippen molar-refractivity contribution in [3.63, 3.8) is 0 Å². The lowest BCUT2D eigenvalue weighted by Crippen LogP contribution is -2.32. The highest BCUT2D eigenvalue weighted by Gasteiger charge is 2.18. The van der Waals surface area contributed by atoms with Gasteiger partial charge in [0.1, 0.15) is 0 Å². The van der Waals surface area contributed by atoms with Crippen LogP contribution in [0.15, 0.2) is 0 Å². The Hall–Kier alpha value is -0.620. The van der Waals surface area contributed by atoms with E-state index in [1.54, 1.807) is 0 Å². The Labute approximate surface area is 91.1 Å². The van der Waals surface area contributed by atoms with Crippen LogP contribution in [0.25, 0.3) is 0 Å². The van der Waals surface area contributed by atoms with Crippen molar-refractivity contribution in [2.45, 2.75) is 26.7 Å². The van der Waals surface area contributed by atoms with E-state index in [-0.39, 0.29) is 24.6 Å². The average Bonchev–Trinajstić information content (AvgIpc) is 2.00. The molecule has 0 radical (unpaired) electrons. The molecule has 0 aliphatic carbocycles. The van der Waals surface area contributed by atoms with Crippen LogP contribution in [0.1, 0.15) is 26.7 Å². The number of rotatable bonds is 7. The van der Waals surface area contributed by atoms with E-state index in [9.17, 15) is 13.2 Å². The van der Waals surface area contributed by atoms with Crippen LogP contribution in [0.3, 0.4) is 0 Å². The minimum atomic E-state index is -3.22. The maximum atomic E-state index is 11.6. The van der Waals surface area contributed by atoms with E-state index >= 15 is 0 Å². The lowest BCUT2D eigenvalue weighted by molar-refractivity contribution is -0.137. The molecule has 0 aromatic heterocycles. The zero-order valence-corrected chi connectivity index (χ0v) is 10.2. The number of carbonyl (C=O) groups is 1. The van der Waals surface area contributed by atoms with Crippen LogP contribution in [-0.2, 0) is 14.8 Å². The van der Waals surface area contributed by atoms with Crippen LogP contribution in [0, 0.1) is 5.92 Å². The molecule has 1 N–H and O–H groups in total. The summed E-state index contributed by atoms with van der Waals surface area (Å²) in [6.07, 6.45) is 0.352. The summed E-state index contributed by atoms with van der Waals surface area (Å²) in [5.74, 6) is -0.710. The molecular formula is C9H19NO4S. The van der Waals surface area contributed by atoms with Crippen LogP contribution >= 0.6 is 0 Å². The maximum absolute atomic E-state index is 11.6. The van der Waals surface area contributed by atoms with Gasteiger partial charge >= 0.3 is 5.97 Å². The first-order valence-corrected chi connectivity index (χ1v) is 6.52. The van der Waals surface area contributed by atoms with Gasteiger partial charge in [0, 0.05) is 20.0 Å². The van der Waals surface area contributed by atoms with E-state index < -0.39 is 16.0 Å². The van der Waals surface area contributed by atoms with Crippen molar-refractivity contribution in [2.24, 2.45) is 5.92 Å². The standard InChI is InChI=1S/C9H19NO4S/c1-8(2)7-15(13,14)10(3)6-4-5-9(11)12/h8H,4-7H2,1-3H3,(H,11,12). The van der Waals surface area contributed by atoms with Crippen LogP contribution in [-0.4, -0.2) is 43.1 Å². The fraction of sp³-hybridized carbons (Fsp3) is 0.889. The average molecular weight is 237 g/mol. The van der Waals surface area contributed by atoms with E-state index in [1.165, 1.54) is 11.4 Å². The zero-order valence-electron chi connectivity index (χ0n) is 9.43. The van der Waals surface area contributed by atoms with Gasteiger partial charge in [-0.3, -0.25) is 4.79 Å². The number of hydrogen-bond acceptors (Lipinski definition) is 3. The number of sulfonamides is 1. The minimum absolute atomic E-state index is 0.00153. The normalized spacial score (nSPS) is 12.3. The molecule has 6 heteroatoms. The third-order valence-corrected chi connectivity index (χ3v) is 4.10. The second-order valence-corrected chi connectivity index (χ2v) is 6.11. The first kappa shape index (κ1) is 14.4. The summed E-state index contributed by atoms with van der Waals surface area (Å²) in [5.41, 5.74) is 0. The monoisotopic (exact) mass is 237 g/mol. The highest BCUT2D eigenvalue weighted by molar-refractivity contribution is 7.89. The molecule has 0 atom stereocenters. The summed E-state index contributed by atoms with van der Waals surface area (Å²) in [6.45, 7) is 3.94. The number of hydrogen-bond donors (Lipinski definition) is 1. The quantitative estimate of drug-likeness (QED) is 0.709. The Bertz CT molecular complexity index is 297. The fourth-order valence-corrected chi connectivity index (χ4v) is 2.64. The number of carboxylic acids is 1. The van der Waals surface area contributed by atoms with Crippen LogP contribution in [0.5, 0.6) is 0 Å². The Morgan fingerprint density at radius 2 is 1.93 bits per heavy atom. The van der Waals surface area contributed by atoms with E-state index in [0.717, 1.165) is 0 Å². The first-order chi connectivity index (χ1) is 6.75. The van der Waals surface area contributed by atoms with Gasteiger partial charge in [-0.2, -0.15) is 0 Å². The highest BCUT2D eigenvalue weighted by atomic mass is 32.2. The molecule has 15 heavy (non-hydrogen) atoms. The predicted molar refractivity (Wildman–Crippen MR) is 58.1 cm³/mol. The van der Waals surface area contributed by atoms with E-state index in [4.69, 9.17) is 5.11 Å². The Morgan fingerprint density at radius 1 is 1.40 bits per heavy atom. The third-order valence-electron chi connectivity index (χ3n) is 1.88. The molecular weight excluding hydrogens is 218 g/mol. The van der Waals surface area contributed by atoms with Crippen molar-refractivity contribution in [1.29, 1.82) is 0 Å². The van der Waals surface area contributed by atoms with Gasteiger partial charge in [-0.25, -0.2) is 12.7 Å². The zero-order chi connectivity index (χ0) is 12.1. The summed E-state index contributed by atoms with van der Waals surface area (Å²) in [5, 5.41) is 8.41. The summed E-state index contributed by atoms with van der Waals surface area (Å²) < 4.78 is 24.4. The van der Waals surface area contributed by atoms with E-state index in [0.29, 0.717) is 6.42 Å². The topological polar surface area (TPSA) is 74.7 Å². The molecule has 0 heterocycles. The lowest BCUT2D eigenvalue weighted by atomic mass is 10.3. The van der Waals surface area contributed by atoms with Crippen molar-refractivity contribution in [2.75, 3.05) is 19.3 Å². The molecule has 0 saturated carbocycles. The minimum Gasteiger partial charge on any atom is -0.481 e. The van der Waals surface area contributed by atoms with Crippen molar-refractivity contribution in [3.8, 4) is 0 Å². The molecule has 0 fully saturated rings. The molecule has 0 aromatic carbocycles. The van der Waals surface area contributed by atoms with Crippen molar-refractivity contribution in [3.05, 3.63) is 0 Å². The molecule has 0 saturated heterocycles. The highest BCUT2D eigenvalue weighted by Crippen LogP contribution is 2.06. The SMILES string of the molecule is CC(C)CS(=O)(=O)N(C)CCCC(=O)O. The van der Waals surface area contributed by atoms with Gasteiger partial charge in [0.15, 0.2) is 0 Å². The summed E-state index contributed by atoms with van der Waals surface area (Å²) >= 11 is 0. The molecule has 90 valence electrons. The van der Waals surface area contributed by atoms with Crippen LogP contribution < -0.4 is 0 Å². The Morgan fingerprint density at radius 3 is 2.33 bits per heavy atom. The first-order valence-electron chi connectivity index (χ1n) is 4.91. The number of carboxylic acid groups (broad SMARTS) is 1. The molecule has 0 spiro atoms. The summed E-state index contributed by atoms with van der Waals surface area (Å²) in [4.78, 5) is 10.2. The second-order valence-electron chi connectivity index (χ2n) is 3.99. The smallest absolute Gasteiger partial charge is 0.303 e. The largest absolute Gasteiger partial charge is 0.481 e. The fourth-order valence-electron chi connectivity index (χ4n) is 1.14. The van der Waals surface area contributed by atoms with Crippen molar-refractivity contribution >= 4 is 16.0 Å². The Balaban J connectivity index is 4.08. The summed E-state index contributed by atoms with van der Waals surface area (Å²) in [7, 11) is -1.73. The van der Waals surface area contributed by atoms with Crippen LogP contribution in [0.2, 0.25) is 0 Å². The maximum Gasteiger partial charge on any atom is 0.303 e.